The largest absolute Gasteiger partial charge is 0.349 e. The summed E-state index contributed by atoms with van der Waals surface area (Å²) in [5.41, 5.74) is 10.6. The van der Waals surface area contributed by atoms with Crippen LogP contribution in [0.4, 0.5) is 0 Å². The lowest BCUT2D eigenvalue weighted by molar-refractivity contribution is 0.518. The van der Waals surface area contributed by atoms with Crippen molar-refractivity contribution in [3.8, 4) is 0 Å². The highest BCUT2D eigenvalue weighted by Gasteiger charge is 2.24. The molecule has 1 saturated carbocycles. The van der Waals surface area contributed by atoms with E-state index >= 15 is 0 Å². The number of fused-ring (bicyclic) bond motifs is 1. The fourth-order valence-corrected chi connectivity index (χ4v) is 3.03. The SMILES string of the molecule is Cc1cc2c(n1CCC1CC1)CCCC2N. The molecular formula is C14H22N2. The Hall–Kier alpha value is -0.760. The van der Waals surface area contributed by atoms with E-state index in [-0.39, 0.29) is 0 Å². The van der Waals surface area contributed by atoms with Gasteiger partial charge in [0.05, 0.1) is 0 Å². The summed E-state index contributed by atoms with van der Waals surface area (Å²) in [5.74, 6) is 1.02. The standard InChI is InChI=1S/C14H22N2/c1-10-9-12-13(15)3-2-4-14(12)16(10)8-7-11-5-6-11/h9,11,13H,2-8,15H2,1H3. The van der Waals surface area contributed by atoms with E-state index < -0.39 is 0 Å². The molecule has 1 unspecified atom stereocenters. The first kappa shape index (κ1) is 10.4. The van der Waals surface area contributed by atoms with Gasteiger partial charge < -0.3 is 10.3 Å². The summed E-state index contributed by atoms with van der Waals surface area (Å²) in [5, 5.41) is 0. The van der Waals surface area contributed by atoms with Gasteiger partial charge in [0.2, 0.25) is 0 Å². The Morgan fingerprint density at radius 1 is 1.38 bits per heavy atom. The number of aryl methyl sites for hydroxylation is 1. The Balaban J connectivity index is 1.84. The van der Waals surface area contributed by atoms with Crippen molar-refractivity contribution in [2.24, 2.45) is 11.7 Å². The summed E-state index contributed by atoms with van der Waals surface area (Å²) < 4.78 is 2.53. The monoisotopic (exact) mass is 218 g/mol. The number of rotatable bonds is 3. The molecule has 2 aliphatic carbocycles. The van der Waals surface area contributed by atoms with Crippen molar-refractivity contribution in [2.45, 2.75) is 58.0 Å². The number of aromatic nitrogens is 1. The Kier molecular flexibility index (Phi) is 2.55. The van der Waals surface area contributed by atoms with Crippen molar-refractivity contribution >= 4 is 0 Å². The predicted molar refractivity (Wildman–Crippen MR) is 66.4 cm³/mol. The molecular weight excluding hydrogens is 196 g/mol. The van der Waals surface area contributed by atoms with Gasteiger partial charge in [-0.25, -0.2) is 0 Å². The first-order valence-corrected chi connectivity index (χ1v) is 6.70. The molecule has 1 heterocycles. The van der Waals surface area contributed by atoms with Gasteiger partial charge in [-0.15, -0.1) is 0 Å². The van der Waals surface area contributed by atoms with Crippen molar-refractivity contribution in [3.05, 3.63) is 23.0 Å². The molecule has 0 saturated heterocycles. The highest BCUT2D eigenvalue weighted by Crippen LogP contribution is 2.35. The minimum Gasteiger partial charge on any atom is -0.349 e. The van der Waals surface area contributed by atoms with Gasteiger partial charge in [-0.2, -0.15) is 0 Å². The van der Waals surface area contributed by atoms with Crippen LogP contribution in [0.15, 0.2) is 6.07 Å². The predicted octanol–water partition coefficient (Wildman–Crippen LogP) is 2.93. The van der Waals surface area contributed by atoms with Gasteiger partial charge in [0, 0.05) is 24.0 Å². The number of nitrogens with zero attached hydrogens (tertiary/aromatic N) is 1. The molecule has 0 radical (unpaired) electrons. The summed E-state index contributed by atoms with van der Waals surface area (Å²) in [6.07, 6.45) is 7.96. The van der Waals surface area contributed by atoms with Crippen LogP contribution in [-0.4, -0.2) is 4.57 Å². The molecule has 1 atom stereocenters. The van der Waals surface area contributed by atoms with E-state index in [0.717, 1.165) is 5.92 Å². The van der Waals surface area contributed by atoms with Crippen LogP contribution in [0.2, 0.25) is 0 Å². The zero-order valence-electron chi connectivity index (χ0n) is 10.2. The highest BCUT2D eigenvalue weighted by atomic mass is 15.0. The first-order chi connectivity index (χ1) is 7.75. The van der Waals surface area contributed by atoms with Crippen LogP contribution in [0, 0.1) is 12.8 Å². The molecule has 16 heavy (non-hydrogen) atoms. The van der Waals surface area contributed by atoms with E-state index in [1.54, 1.807) is 0 Å². The molecule has 3 rings (SSSR count). The molecule has 1 aromatic rings. The van der Waals surface area contributed by atoms with Crippen LogP contribution >= 0.6 is 0 Å². The van der Waals surface area contributed by atoms with E-state index in [0.29, 0.717) is 6.04 Å². The first-order valence-electron chi connectivity index (χ1n) is 6.70. The molecule has 88 valence electrons. The molecule has 0 aliphatic heterocycles. The van der Waals surface area contributed by atoms with E-state index in [4.69, 9.17) is 5.73 Å². The fraction of sp³-hybridized carbons (Fsp3) is 0.714. The topological polar surface area (TPSA) is 30.9 Å². The van der Waals surface area contributed by atoms with E-state index in [9.17, 15) is 0 Å². The van der Waals surface area contributed by atoms with Crippen LogP contribution in [0.1, 0.15) is 55.1 Å². The number of hydrogen-bond donors (Lipinski definition) is 1. The normalized spacial score (nSPS) is 24.5. The van der Waals surface area contributed by atoms with Crippen molar-refractivity contribution in [2.75, 3.05) is 0 Å². The molecule has 1 aromatic heterocycles. The fourth-order valence-electron chi connectivity index (χ4n) is 3.03. The third kappa shape index (κ3) is 1.80. The second-order valence-corrected chi connectivity index (χ2v) is 5.57. The van der Waals surface area contributed by atoms with Crippen LogP contribution in [-0.2, 0) is 13.0 Å². The summed E-state index contributed by atoms with van der Waals surface area (Å²) in [6, 6.07) is 2.62. The Morgan fingerprint density at radius 2 is 2.19 bits per heavy atom. The second kappa shape index (κ2) is 3.92. The lowest BCUT2D eigenvalue weighted by Gasteiger charge is -2.21. The van der Waals surface area contributed by atoms with Crippen molar-refractivity contribution in [1.29, 1.82) is 0 Å². The summed E-state index contributed by atoms with van der Waals surface area (Å²) >= 11 is 0. The quantitative estimate of drug-likeness (QED) is 0.831. The molecule has 1 fully saturated rings. The third-order valence-electron chi connectivity index (χ3n) is 4.24. The molecule has 2 N–H and O–H groups in total. The van der Waals surface area contributed by atoms with Crippen molar-refractivity contribution < 1.29 is 0 Å². The van der Waals surface area contributed by atoms with E-state index in [1.165, 1.54) is 62.0 Å². The maximum atomic E-state index is 6.18. The molecule has 2 nitrogen and oxygen atoms in total. The average Bonchev–Trinajstić information content (AvgIpc) is 3.02. The molecule has 0 bridgehead atoms. The van der Waals surface area contributed by atoms with Crippen LogP contribution in [0.3, 0.4) is 0 Å². The maximum absolute atomic E-state index is 6.18. The van der Waals surface area contributed by atoms with Crippen LogP contribution in [0.25, 0.3) is 0 Å². The van der Waals surface area contributed by atoms with Crippen LogP contribution in [0.5, 0.6) is 0 Å². The lowest BCUT2D eigenvalue weighted by Crippen LogP contribution is -2.18. The molecule has 2 aliphatic rings. The van der Waals surface area contributed by atoms with E-state index in [1.807, 2.05) is 0 Å². The third-order valence-corrected chi connectivity index (χ3v) is 4.24. The van der Waals surface area contributed by atoms with Gasteiger partial charge in [-0.1, -0.05) is 12.8 Å². The summed E-state index contributed by atoms with van der Waals surface area (Å²) in [4.78, 5) is 0. The molecule has 0 amide bonds. The van der Waals surface area contributed by atoms with E-state index in [2.05, 4.69) is 17.6 Å². The average molecular weight is 218 g/mol. The van der Waals surface area contributed by atoms with Gasteiger partial charge in [-0.05, 0) is 50.2 Å². The smallest absolute Gasteiger partial charge is 0.0313 e. The minimum absolute atomic E-state index is 0.296. The minimum atomic E-state index is 0.296. The van der Waals surface area contributed by atoms with Crippen LogP contribution < -0.4 is 5.73 Å². The molecule has 0 aromatic carbocycles. The van der Waals surface area contributed by atoms with Gasteiger partial charge >= 0.3 is 0 Å². The molecule has 2 heteroatoms. The molecule has 0 spiro atoms. The summed E-state index contributed by atoms with van der Waals surface area (Å²) in [6.45, 7) is 3.45. The van der Waals surface area contributed by atoms with Gasteiger partial charge in [0.15, 0.2) is 0 Å². The number of nitrogens with two attached hydrogens (primary N) is 1. The zero-order valence-corrected chi connectivity index (χ0v) is 10.2. The highest BCUT2D eigenvalue weighted by molar-refractivity contribution is 5.32. The van der Waals surface area contributed by atoms with Crippen molar-refractivity contribution in [3.63, 3.8) is 0 Å². The summed E-state index contributed by atoms with van der Waals surface area (Å²) in [7, 11) is 0. The lowest BCUT2D eigenvalue weighted by atomic mass is 9.93. The van der Waals surface area contributed by atoms with Gasteiger partial charge in [0.25, 0.3) is 0 Å². The Morgan fingerprint density at radius 3 is 2.94 bits per heavy atom. The number of hydrogen-bond acceptors (Lipinski definition) is 1. The second-order valence-electron chi connectivity index (χ2n) is 5.57. The Bertz CT molecular complexity index is 388. The van der Waals surface area contributed by atoms with Crippen molar-refractivity contribution in [1.82, 2.24) is 4.57 Å². The Labute approximate surface area is 97.8 Å². The van der Waals surface area contributed by atoms with Gasteiger partial charge in [0.1, 0.15) is 0 Å². The van der Waals surface area contributed by atoms with Gasteiger partial charge in [-0.3, -0.25) is 0 Å². The zero-order chi connectivity index (χ0) is 11.1. The maximum Gasteiger partial charge on any atom is 0.0313 e.